The van der Waals surface area contributed by atoms with Crippen LogP contribution in [0.5, 0.6) is 0 Å². The molecule has 1 aliphatic rings. The Labute approximate surface area is 110 Å². The molecule has 0 radical (unpaired) electrons. The highest BCUT2D eigenvalue weighted by atomic mass is 32.2. The summed E-state index contributed by atoms with van der Waals surface area (Å²) in [6.45, 7) is 0. The molecule has 2 aromatic heterocycles. The van der Waals surface area contributed by atoms with Crippen molar-refractivity contribution in [1.82, 2.24) is 14.6 Å². The molecule has 0 saturated carbocycles. The first-order valence-electron chi connectivity index (χ1n) is 6.08. The van der Waals surface area contributed by atoms with Gasteiger partial charge in [-0.2, -0.15) is 5.26 Å². The number of pyridine rings is 1. The van der Waals surface area contributed by atoms with Crippen molar-refractivity contribution in [3.05, 3.63) is 29.7 Å². The standard InChI is InChI=1S/C12H12N4O2S/c13-8-9-4-5-16-11(7-9)14-15-12(16)10-3-1-2-6-19(10,17)18/h4-5,7,10H,1-3,6H2. The van der Waals surface area contributed by atoms with Crippen LogP contribution in [0.3, 0.4) is 0 Å². The molecule has 3 rings (SSSR count). The minimum atomic E-state index is -3.14. The van der Waals surface area contributed by atoms with Crippen LogP contribution < -0.4 is 0 Å². The number of hydrogen-bond acceptors (Lipinski definition) is 5. The largest absolute Gasteiger partial charge is 0.285 e. The monoisotopic (exact) mass is 276 g/mol. The van der Waals surface area contributed by atoms with Gasteiger partial charge in [0.25, 0.3) is 0 Å². The predicted molar refractivity (Wildman–Crippen MR) is 68.1 cm³/mol. The summed E-state index contributed by atoms with van der Waals surface area (Å²) in [4.78, 5) is 0. The molecule has 1 aliphatic heterocycles. The van der Waals surface area contributed by atoms with E-state index in [4.69, 9.17) is 5.26 Å². The average Bonchev–Trinajstić information content (AvgIpc) is 2.81. The highest BCUT2D eigenvalue weighted by molar-refractivity contribution is 7.91. The quantitative estimate of drug-likeness (QED) is 0.782. The zero-order valence-electron chi connectivity index (χ0n) is 10.2. The molecular weight excluding hydrogens is 264 g/mol. The lowest BCUT2D eigenvalue weighted by Crippen LogP contribution is -2.23. The van der Waals surface area contributed by atoms with Crippen LogP contribution in [0.4, 0.5) is 0 Å². The van der Waals surface area contributed by atoms with Crippen LogP contribution in [0.1, 0.15) is 35.9 Å². The van der Waals surface area contributed by atoms with E-state index in [9.17, 15) is 8.42 Å². The first-order chi connectivity index (χ1) is 9.12. The van der Waals surface area contributed by atoms with Gasteiger partial charge in [0.15, 0.2) is 21.3 Å². The number of aromatic nitrogens is 3. The molecule has 7 heteroatoms. The third-order valence-corrected chi connectivity index (χ3v) is 5.60. The summed E-state index contributed by atoms with van der Waals surface area (Å²) < 4.78 is 25.9. The van der Waals surface area contributed by atoms with E-state index < -0.39 is 15.1 Å². The van der Waals surface area contributed by atoms with E-state index in [0.717, 1.165) is 6.42 Å². The fourth-order valence-electron chi connectivity index (χ4n) is 2.44. The van der Waals surface area contributed by atoms with Crippen molar-refractivity contribution in [2.24, 2.45) is 0 Å². The van der Waals surface area contributed by atoms with Crippen LogP contribution in [0.25, 0.3) is 5.65 Å². The minimum Gasteiger partial charge on any atom is -0.285 e. The van der Waals surface area contributed by atoms with Gasteiger partial charge in [-0.25, -0.2) is 8.42 Å². The molecule has 0 aliphatic carbocycles. The second-order valence-electron chi connectivity index (χ2n) is 4.67. The maximum absolute atomic E-state index is 12.1. The zero-order chi connectivity index (χ0) is 13.5. The Balaban J connectivity index is 2.13. The maximum Gasteiger partial charge on any atom is 0.162 e. The summed E-state index contributed by atoms with van der Waals surface area (Å²) in [7, 11) is -3.14. The normalized spacial score (nSPS) is 22.2. The minimum absolute atomic E-state index is 0.211. The predicted octanol–water partition coefficient (Wildman–Crippen LogP) is 1.24. The van der Waals surface area contributed by atoms with Gasteiger partial charge in [-0.15, -0.1) is 10.2 Å². The van der Waals surface area contributed by atoms with E-state index >= 15 is 0 Å². The number of sulfone groups is 1. The second-order valence-corrected chi connectivity index (χ2v) is 6.97. The lowest BCUT2D eigenvalue weighted by Gasteiger charge is -2.20. The second kappa shape index (κ2) is 4.31. The Kier molecular flexibility index (Phi) is 2.75. The Morgan fingerprint density at radius 3 is 2.95 bits per heavy atom. The van der Waals surface area contributed by atoms with E-state index in [1.54, 1.807) is 22.7 Å². The van der Waals surface area contributed by atoms with Crippen LogP contribution in [0.2, 0.25) is 0 Å². The summed E-state index contributed by atoms with van der Waals surface area (Å²) in [5.74, 6) is 0.669. The van der Waals surface area contributed by atoms with Gasteiger partial charge in [-0.1, -0.05) is 6.42 Å². The number of hydrogen-bond donors (Lipinski definition) is 0. The number of nitrogens with zero attached hydrogens (tertiary/aromatic N) is 4. The number of fused-ring (bicyclic) bond motifs is 1. The van der Waals surface area contributed by atoms with Crippen molar-refractivity contribution in [2.75, 3.05) is 5.75 Å². The molecule has 19 heavy (non-hydrogen) atoms. The summed E-state index contributed by atoms with van der Waals surface area (Å²) >= 11 is 0. The first kappa shape index (κ1) is 12.1. The highest BCUT2D eigenvalue weighted by Gasteiger charge is 2.33. The Morgan fingerprint density at radius 1 is 1.37 bits per heavy atom. The molecular formula is C12H12N4O2S. The van der Waals surface area contributed by atoms with Crippen molar-refractivity contribution in [3.63, 3.8) is 0 Å². The molecule has 0 aromatic carbocycles. The highest BCUT2D eigenvalue weighted by Crippen LogP contribution is 2.32. The van der Waals surface area contributed by atoms with E-state index in [2.05, 4.69) is 10.2 Å². The SMILES string of the molecule is N#Cc1ccn2c(C3CCCCS3(=O)=O)nnc2c1. The molecule has 3 heterocycles. The first-order valence-corrected chi connectivity index (χ1v) is 7.80. The van der Waals surface area contributed by atoms with Crippen molar-refractivity contribution >= 4 is 15.5 Å². The maximum atomic E-state index is 12.1. The van der Waals surface area contributed by atoms with Crippen LogP contribution in [0.15, 0.2) is 18.3 Å². The van der Waals surface area contributed by atoms with Gasteiger partial charge in [-0.3, -0.25) is 4.40 Å². The van der Waals surface area contributed by atoms with Crippen LogP contribution in [-0.2, 0) is 9.84 Å². The summed E-state index contributed by atoms with van der Waals surface area (Å²) in [5, 5.41) is 16.2. The average molecular weight is 276 g/mol. The Morgan fingerprint density at radius 2 is 2.21 bits per heavy atom. The van der Waals surface area contributed by atoms with Gasteiger partial charge in [0.05, 0.1) is 17.4 Å². The van der Waals surface area contributed by atoms with Gasteiger partial charge >= 0.3 is 0 Å². The Hall–Kier alpha value is -1.94. The van der Waals surface area contributed by atoms with Gasteiger partial charge in [-0.05, 0) is 18.9 Å². The molecule has 0 amide bonds. The fraction of sp³-hybridized carbons (Fsp3) is 0.417. The van der Waals surface area contributed by atoms with Gasteiger partial charge in [0.1, 0.15) is 5.25 Å². The van der Waals surface area contributed by atoms with Gasteiger partial charge in [0, 0.05) is 12.3 Å². The molecule has 98 valence electrons. The molecule has 1 fully saturated rings. The fourth-order valence-corrected chi connectivity index (χ4v) is 4.34. The molecule has 6 nitrogen and oxygen atoms in total. The summed E-state index contributed by atoms with van der Waals surface area (Å²) in [5.41, 5.74) is 0.993. The van der Waals surface area contributed by atoms with Crippen molar-refractivity contribution < 1.29 is 8.42 Å². The van der Waals surface area contributed by atoms with Crippen LogP contribution >= 0.6 is 0 Å². The number of nitriles is 1. The molecule has 0 spiro atoms. The molecule has 1 unspecified atom stereocenters. The van der Waals surface area contributed by atoms with E-state index in [-0.39, 0.29) is 5.75 Å². The van der Waals surface area contributed by atoms with Crippen LogP contribution in [0, 0.1) is 11.3 Å². The molecule has 0 bridgehead atoms. The molecule has 0 N–H and O–H groups in total. The third kappa shape index (κ3) is 1.98. The molecule has 1 saturated heterocycles. The van der Waals surface area contributed by atoms with E-state index in [0.29, 0.717) is 29.9 Å². The smallest absolute Gasteiger partial charge is 0.162 e. The summed E-state index contributed by atoms with van der Waals surface area (Å²) in [6.07, 6.45) is 3.85. The third-order valence-electron chi connectivity index (χ3n) is 3.43. The summed E-state index contributed by atoms with van der Waals surface area (Å²) in [6, 6.07) is 5.26. The van der Waals surface area contributed by atoms with Gasteiger partial charge in [0.2, 0.25) is 0 Å². The molecule has 2 aromatic rings. The van der Waals surface area contributed by atoms with E-state index in [1.807, 2.05) is 6.07 Å². The molecule has 1 atom stereocenters. The van der Waals surface area contributed by atoms with Crippen molar-refractivity contribution in [1.29, 1.82) is 5.26 Å². The van der Waals surface area contributed by atoms with Crippen molar-refractivity contribution in [2.45, 2.75) is 24.5 Å². The van der Waals surface area contributed by atoms with E-state index in [1.165, 1.54) is 0 Å². The number of rotatable bonds is 1. The van der Waals surface area contributed by atoms with Crippen molar-refractivity contribution in [3.8, 4) is 6.07 Å². The lowest BCUT2D eigenvalue weighted by molar-refractivity contribution is 0.537. The topological polar surface area (TPSA) is 88.1 Å². The lowest BCUT2D eigenvalue weighted by atomic mass is 10.2. The van der Waals surface area contributed by atoms with Gasteiger partial charge < -0.3 is 0 Å². The zero-order valence-corrected chi connectivity index (χ0v) is 11.0. The van der Waals surface area contributed by atoms with Crippen LogP contribution in [-0.4, -0.2) is 28.8 Å². The Bertz CT molecular complexity index is 773.